The topological polar surface area (TPSA) is 71.4 Å². The van der Waals surface area contributed by atoms with E-state index in [4.69, 9.17) is 14.7 Å². The lowest BCUT2D eigenvalue weighted by atomic mass is 10.1. The number of nitrogens with one attached hydrogen (secondary N) is 1. The van der Waals surface area contributed by atoms with Crippen LogP contribution in [0.25, 0.3) is 0 Å². The van der Waals surface area contributed by atoms with Crippen molar-refractivity contribution in [1.29, 1.82) is 5.26 Å². The molecule has 1 unspecified atom stereocenters. The van der Waals surface area contributed by atoms with E-state index in [2.05, 4.69) is 5.32 Å². The molecule has 0 aromatic heterocycles. The zero-order valence-electron chi connectivity index (χ0n) is 10.7. The maximum absolute atomic E-state index is 12.0. The summed E-state index contributed by atoms with van der Waals surface area (Å²) in [5.41, 5.74) is 0.381. The molecule has 1 aromatic rings. The van der Waals surface area contributed by atoms with Gasteiger partial charge in [0, 0.05) is 6.07 Å². The van der Waals surface area contributed by atoms with Gasteiger partial charge in [-0.1, -0.05) is 6.92 Å². The van der Waals surface area contributed by atoms with Crippen molar-refractivity contribution in [2.24, 2.45) is 0 Å². The van der Waals surface area contributed by atoms with E-state index in [1.165, 1.54) is 14.2 Å². The van der Waals surface area contributed by atoms with E-state index >= 15 is 0 Å². The smallest absolute Gasteiger partial charge is 0.256 e. The van der Waals surface area contributed by atoms with Crippen LogP contribution >= 0.6 is 0 Å². The van der Waals surface area contributed by atoms with Crippen molar-refractivity contribution < 1.29 is 14.3 Å². The van der Waals surface area contributed by atoms with Crippen LogP contribution in [0.5, 0.6) is 11.5 Å². The van der Waals surface area contributed by atoms with Gasteiger partial charge in [-0.2, -0.15) is 5.26 Å². The van der Waals surface area contributed by atoms with Gasteiger partial charge >= 0.3 is 0 Å². The maximum atomic E-state index is 12.0. The summed E-state index contributed by atoms with van der Waals surface area (Å²) in [6.07, 6.45) is 0.556. The molecule has 0 aliphatic rings. The molecule has 0 aliphatic carbocycles. The molecule has 0 saturated heterocycles. The molecular formula is C13H16N2O3. The first kappa shape index (κ1) is 13.8. The van der Waals surface area contributed by atoms with Crippen molar-refractivity contribution in [2.75, 3.05) is 14.2 Å². The monoisotopic (exact) mass is 248 g/mol. The Balaban J connectivity index is 2.95. The molecular weight excluding hydrogens is 232 g/mol. The molecule has 0 heterocycles. The Morgan fingerprint density at radius 3 is 2.67 bits per heavy atom. The number of rotatable bonds is 5. The summed E-state index contributed by atoms with van der Waals surface area (Å²) in [6.45, 7) is 1.83. The van der Waals surface area contributed by atoms with Crippen LogP contribution in [0.15, 0.2) is 18.2 Å². The summed E-state index contributed by atoms with van der Waals surface area (Å²) < 4.78 is 10.2. The maximum Gasteiger partial charge on any atom is 0.256 e. The molecule has 0 radical (unpaired) electrons. The van der Waals surface area contributed by atoms with Crippen LogP contribution in [0.2, 0.25) is 0 Å². The third kappa shape index (κ3) is 3.14. The second-order valence-electron chi connectivity index (χ2n) is 3.63. The van der Waals surface area contributed by atoms with Crippen molar-refractivity contribution in [1.82, 2.24) is 5.32 Å². The van der Waals surface area contributed by atoms with Crippen molar-refractivity contribution in [3.63, 3.8) is 0 Å². The van der Waals surface area contributed by atoms with E-state index in [9.17, 15) is 4.79 Å². The molecule has 1 rings (SSSR count). The number of ether oxygens (including phenoxy) is 2. The van der Waals surface area contributed by atoms with Gasteiger partial charge in [0.05, 0.1) is 25.9 Å². The summed E-state index contributed by atoms with van der Waals surface area (Å²) in [6, 6.07) is 6.43. The molecule has 0 fully saturated rings. The van der Waals surface area contributed by atoms with Crippen molar-refractivity contribution >= 4 is 5.91 Å². The molecule has 5 heteroatoms. The summed E-state index contributed by atoms with van der Waals surface area (Å²) in [5.74, 6) is 0.693. The van der Waals surface area contributed by atoms with Gasteiger partial charge in [0.25, 0.3) is 5.91 Å². The summed E-state index contributed by atoms with van der Waals surface area (Å²) >= 11 is 0. The number of nitriles is 1. The standard InChI is InChI=1S/C13H16N2O3/c1-4-9(8-14)15-13(16)11-6-5-10(17-2)7-12(11)18-3/h5-7,9H,4H2,1-3H3,(H,15,16). The van der Waals surface area contributed by atoms with E-state index in [1.807, 2.05) is 13.0 Å². The number of nitrogens with zero attached hydrogens (tertiary/aromatic N) is 1. The highest BCUT2D eigenvalue weighted by Crippen LogP contribution is 2.24. The van der Waals surface area contributed by atoms with Crippen LogP contribution in [-0.2, 0) is 0 Å². The molecule has 5 nitrogen and oxygen atoms in total. The second-order valence-corrected chi connectivity index (χ2v) is 3.63. The van der Waals surface area contributed by atoms with Gasteiger partial charge in [-0.25, -0.2) is 0 Å². The first-order valence-electron chi connectivity index (χ1n) is 5.58. The summed E-state index contributed by atoms with van der Waals surface area (Å²) in [4.78, 5) is 12.0. The Kier molecular flexibility index (Phi) is 5.00. The second kappa shape index (κ2) is 6.50. The van der Waals surface area contributed by atoms with Crippen LogP contribution in [0.3, 0.4) is 0 Å². The predicted octanol–water partition coefficient (Wildman–Crippen LogP) is 1.74. The largest absolute Gasteiger partial charge is 0.497 e. The van der Waals surface area contributed by atoms with Gasteiger partial charge in [0.1, 0.15) is 17.5 Å². The first-order valence-corrected chi connectivity index (χ1v) is 5.58. The number of amides is 1. The molecule has 0 bridgehead atoms. The number of carbonyl (C=O) groups is 1. The van der Waals surface area contributed by atoms with Crippen LogP contribution in [-0.4, -0.2) is 26.2 Å². The molecule has 0 aliphatic heterocycles. The minimum atomic E-state index is -0.496. The third-order valence-electron chi connectivity index (χ3n) is 2.52. The summed E-state index contributed by atoms with van der Waals surface area (Å²) in [7, 11) is 3.02. The van der Waals surface area contributed by atoms with E-state index in [-0.39, 0.29) is 5.91 Å². The zero-order valence-corrected chi connectivity index (χ0v) is 10.7. The van der Waals surface area contributed by atoms with Gasteiger partial charge in [-0.3, -0.25) is 4.79 Å². The summed E-state index contributed by atoms with van der Waals surface area (Å²) in [5, 5.41) is 11.4. The Labute approximate surface area is 106 Å². The lowest BCUT2D eigenvalue weighted by molar-refractivity contribution is 0.0941. The minimum Gasteiger partial charge on any atom is -0.497 e. The minimum absolute atomic E-state index is 0.331. The Bertz CT molecular complexity index is 466. The first-order chi connectivity index (χ1) is 8.65. The van der Waals surface area contributed by atoms with Crippen molar-refractivity contribution in [3.8, 4) is 17.6 Å². The lowest BCUT2D eigenvalue weighted by Gasteiger charge is -2.12. The van der Waals surface area contributed by atoms with Gasteiger partial charge in [-0.15, -0.1) is 0 Å². The van der Waals surface area contributed by atoms with Crippen LogP contribution in [0, 0.1) is 11.3 Å². The Hall–Kier alpha value is -2.22. The molecule has 1 N–H and O–H groups in total. The number of benzene rings is 1. The lowest BCUT2D eigenvalue weighted by Crippen LogP contribution is -2.33. The van der Waals surface area contributed by atoms with Gasteiger partial charge in [0.15, 0.2) is 0 Å². The molecule has 1 atom stereocenters. The van der Waals surface area contributed by atoms with Gasteiger partial charge < -0.3 is 14.8 Å². The molecule has 0 spiro atoms. The predicted molar refractivity (Wildman–Crippen MR) is 66.7 cm³/mol. The third-order valence-corrected chi connectivity index (χ3v) is 2.52. The average Bonchev–Trinajstić information content (AvgIpc) is 2.43. The van der Waals surface area contributed by atoms with Crippen LogP contribution in [0.1, 0.15) is 23.7 Å². The fraction of sp³-hybridized carbons (Fsp3) is 0.385. The van der Waals surface area contributed by atoms with E-state index in [0.717, 1.165) is 0 Å². The molecule has 0 saturated carbocycles. The normalized spacial score (nSPS) is 11.2. The number of carbonyl (C=O) groups excluding carboxylic acids is 1. The molecule has 1 amide bonds. The van der Waals surface area contributed by atoms with E-state index in [1.54, 1.807) is 18.2 Å². The number of hydrogen-bond donors (Lipinski definition) is 1. The number of hydrogen-bond acceptors (Lipinski definition) is 4. The highest BCUT2D eigenvalue weighted by atomic mass is 16.5. The van der Waals surface area contributed by atoms with Gasteiger partial charge in [-0.05, 0) is 18.6 Å². The zero-order chi connectivity index (χ0) is 13.5. The highest BCUT2D eigenvalue weighted by molar-refractivity contribution is 5.97. The molecule has 1 aromatic carbocycles. The number of methoxy groups -OCH3 is 2. The van der Waals surface area contributed by atoms with Crippen molar-refractivity contribution in [3.05, 3.63) is 23.8 Å². The van der Waals surface area contributed by atoms with Crippen LogP contribution in [0.4, 0.5) is 0 Å². The van der Waals surface area contributed by atoms with Gasteiger partial charge in [0.2, 0.25) is 0 Å². The molecule has 96 valence electrons. The quantitative estimate of drug-likeness (QED) is 0.861. The van der Waals surface area contributed by atoms with Crippen molar-refractivity contribution in [2.45, 2.75) is 19.4 Å². The van der Waals surface area contributed by atoms with E-state index < -0.39 is 6.04 Å². The van der Waals surface area contributed by atoms with Crippen LogP contribution < -0.4 is 14.8 Å². The molecule has 18 heavy (non-hydrogen) atoms. The SMILES string of the molecule is CCC(C#N)NC(=O)c1ccc(OC)cc1OC. The van der Waals surface area contributed by atoms with E-state index in [0.29, 0.717) is 23.5 Å². The fourth-order valence-electron chi connectivity index (χ4n) is 1.45. The highest BCUT2D eigenvalue weighted by Gasteiger charge is 2.16. The Morgan fingerprint density at radius 1 is 1.44 bits per heavy atom. The average molecular weight is 248 g/mol. The Morgan fingerprint density at radius 2 is 2.17 bits per heavy atom. The fourth-order valence-corrected chi connectivity index (χ4v) is 1.45.